The van der Waals surface area contributed by atoms with Gasteiger partial charge in [-0.25, -0.2) is 9.48 Å². The summed E-state index contributed by atoms with van der Waals surface area (Å²) in [6.45, 7) is 0.692. The summed E-state index contributed by atoms with van der Waals surface area (Å²) in [5.41, 5.74) is 11.2. The first-order valence-electron chi connectivity index (χ1n) is 8.53. The van der Waals surface area contributed by atoms with Crippen LogP contribution >= 0.6 is 0 Å². The molecule has 1 saturated carbocycles. The molecule has 148 valence electrons. The van der Waals surface area contributed by atoms with Gasteiger partial charge in [-0.05, 0) is 6.42 Å². The first-order valence-corrected chi connectivity index (χ1v) is 8.53. The van der Waals surface area contributed by atoms with Crippen molar-refractivity contribution in [2.45, 2.75) is 49.9 Å². The average molecular weight is 381 g/mol. The SMILES string of the molecule is N[C@@H]1C[C@H](N)[C@@H](OCCn2cc(Cn3ccc(=O)[nH]c3=O)nn2)[C@H](O)[C@H]1O. The van der Waals surface area contributed by atoms with E-state index in [4.69, 9.17) is 16.2 Å². The molecule has 12 heteroatoms. The number of nitrogens with zero attached hydrogens (tertiary/aromatic N) is 4. The van der Waals surface area contributed by atoms with Crippen molar-refractivity contribution in [2.24, 2.45) is 11.5 Å². The van der Waals surface area contributed by atoms with Gasteiger partial charge in [0, 0.05) is 24.3 Å². The molecule has 0 unspecified atom stereocenters. The molecule has 1 aliphatic carbocycles. The van der Waals surface area contributed by atoms with E-state index in [1.807, 2.05) is 0 Å². The molecule has 0 saturated heterocycles. The minimum Gasteiger partial charge on any atom is -0.389 e. The van der Waals surface area contributed by atoms with Crippen molar-refractivity contribution in [1.29, 1.82) is 0 Å². The van der Waals surface area contributed by atoms with Crippen LogP contribution in [-0.2, 0) is 17.8 Å². The minimum absolute atomic E-state index is 0.159. The maximum Gasteiger partial charge on any atom is 0.328 e. The fraction of sp³-hybridized carbons (Fsp3) is 0.600. The molecule has 0 amide bonds. The fourth-order valence-corrected chi connectivity index (χ4v) is 3.06. The van der Waals surface area contributed by atoms with Crippen LogP contribution in [-0.4, -0.2) is 71.8 Å². The smallest absolute Gasteiger partial charge is 0.328 e. The van der Waals surface area contributed by atoms with Gasteiger partial charge < -0.3 is 26.4 Å². The summed E-state index contributed by atoms with van der Waals surface area (Å²) in [4.78, 5) is 24.9. The number of aliphatic hydroxyl groups excluding tert-OH is 2. The van der Waals surface area contributed by atoms with E-state index in [9.17, 15) is 19.8 Å². The standard InChI is InChI=1S/C15H23N7O5/c16-9-5-10(17)14(13(25)12(9)24)27-4-3-22-7-8(19-20-22)6-21-2-1-11(23)18-15(21)26/h1-2,7,9-10,12-14,24-25H,3-6,16-17H2,(H,18,23,26)/t9-,10+,12+,13-,14-/m1/s1. The topological polar surface area (TPSA) is 187 Å². The molecule has 27 heavy (non-hydrogen) atoms. The molecule has 12 nitrogen and oxygen atoms in total. The first kappa shape index (κ1) is 19.4. The second kappa shape index (κ2) is 8.10. The van der Waals surface area contributed by atoms with Crippen molar-refractivity contribution in [2.75, 3.05) is 6.61 Å². The molecule has 0 aromatic carbocycles. The second-order valence-corrected chi connectivity index (χ2v) is 6.59. The number of hydrogen-bond acceptors (Lipinski definition) is 9. The first-order chi connectivity index (χ1) is 12.8. The van der Waals surface area contributed by atoms with Gasteiger partial charge in [0.2, 0.25) is 0 Å². The molecule has 2 heterocycles. The Labute approximate surface area is 153 Å². The van der Waals surface area contributed by atoms with Crippen LogP contribution in [0.4, 0.5) is 0 Å². The number of aromatic amines is 1. The lowest BCUT2D eigenvalue weighted by molar-refractivity contribution is -0.128. The molecule has 0 aliphatic heterocycles. The van der Waals surface area contributed by atoms with Gasteiger partial charge in [-0.3, -0.25) is 14.3 Å². The maximum absolute atomic E-state index is 11.7. The van der Waals surface area contributed by atoms with Gasteiger partial charge in [0.1, 0.15) is 17.9 Å². The molecule has 0 bridgehead atoms. The number of hydrogen-bond donors (Lipinski definition) is 5. The van der Waals surface area contributed by atoms with E-state index in [0.717, 1.165) is 0 Å². The highest BCUT2D eigenvalue weighted by Crippen LogP contribution is 2.20. The van der Waals surface area contributed by atoms with Gasteiger partial charge in [-0.1, -0.05) is 5.21 Å². The van der Waals surface area contributed by atoms with E-state index in [-0.39, 0.29) is 13.2 Å². The van der Waals surface area contributed by atoms with Crippen LogP contribution in [0.15, 0.2) is 28.0 Å². The molecule has 5 atom stereocenters. The quantitative estimate of drug-likeness (QED) is 0.336. The van der Waals surface area contributed by atoms with Crippen molar-refractivity contribution < 1.29 is 14.9 Å². The van der Waals surface area contributed by atoms with E-state index in [2.05, 4.69) is 15.3 Å². The average Bonchev–Trinajstić information content (AvgIpc) is 3.06. The van der Waals surface area contributed by atoms with Crippen LogP contribution in [0.1, 0.15) is 12.1 Å². The lowest BCUT2D eigenvalue weighted by Crippen LogP contribution is -2.62. The molecule has 0 spiro atoms. The molecule has 0 radical (unpaired) electrons. The summed E-state index contributed by atoms with van der Waals surface area (Å²) in [5.74, 6) is 0. The van der Waals surface area contributed by atoms with E-state index in [1.54, 1.807) is 6.20 Å². The number of aromatic nitrogens is 5. The summed E-state index contributed by atoms with van der Waals surface area (Å²) >= 11 is 0. The Hall–Kier alpha value is -2.38. The van der Waals surface area contributed by atoms with Crippen molar-refractivity contribution in [1.82, 2.24) is 24.5 Å². The molecule has 2 aromatic heterocycles. The second-order valence-electron chi connectivity index (χ2n) is 6.59. The van der Waals surface area contributed by atoms with E-state index < -0.39 is 41.6 Å². The van der Waals surface area contributed by atoms with Crippen LogP contribution in [0.2, 0.25) is 0 Å². The lowest BCUT2D eigenvalue weighted by atomic mass is 9.85. The predicted molar refractivity (Wildman–Crippen MR) is 92.8 cm³/mol. The highest BCUT2D eigenvalue weighted by Gasteiger charge is 2.41. The zero-order valence-corrected chi connectivity index (χ0v) is 14.5. The van der Waals surface area contributed by atoms with Crippen LogP contribution in [0, 0.1) is 0 Å². The van der Waals surface area contributed by atoms with Crippen LogP contribution < -0.4 is 22.7 Å². The fourth-order valence-electron chi connectivity index (χ4n) is 3.06. The van der Waals surface area contributed by atoms with Gasteiger partial charge in [0.05, 0.1) is 32.0 Å². The zero-order chi connectivity index (χ0) is 19.6. The summed E-state index contributed by atoms with van der Waals surface area (Å²) in [7, 11) is 0. The Balaban J connectivity index is 1.54. The summed E-state index contributed by atoms with van der Waals surface area (Å²) in [6.07, 6.45) is 0.423. The van der Waals surface area contributed by atoms with Crippen molar-refractivity contribution in [3.05, 3.63) is 45.0 Å². The number of ether oxygens (including phenoxy) is 1. The van der Waals surface area contributed by atoms with Gasteiger partial charge >= 0.3 is 5.69 Å². The summed E-state index contributed by atoms with van der Waals surface area (Å²) < 4.78 is 8.44. The molecule has 7 N–H and O–H groups in total. The third kappa shape index (κ3) is 4.48. The summed E-state index contributed by atoms with van der Waals surface area (Å²) in [5, 5.41) is 27.8. The van der Waals surface area contributed by atoms with Gasteiger partial charge in [0.15, 0.2) is 0 Å². The van der Waals surface area contributed by atoms with Crippen molar-refractivity contribution in [3.8, 4) is 0 Å². The lowest BCUT2D eigenvalue weighted by Gasteiger charge is -2.39. The molecular weight excluding hydrogens is 358 g/mol. The van der Waals surface area contributed by atoms with Crippen LogP contribution in [0.25, 0.3) is 0 Å². The molecule has 1 fully saturated rings. The highest BCUT2D eigenvalue weighted by atomic mass is 16.5. The van der Waals surface area contributed by atoms with E-state index in [1.165, 1.54) is 21.5 Å². The molecular formula is C15H23N7O5. The normalized spacial score (nSPS) is 28.4. The van der Waals surface area contributed by atoms with Crippen LogP contribution in [0.3, 0.4) is 0 Å². The largest absolute Gasteiger partial charge is 0.389 e. The zero-order valence-electron chi connectivity index (χ0n) is 14.5. The molecule has 2 aromatic rings. The van der Waals surface area contributed by atoms with Crippen molar-refractivity contribution in [3.63, 3.8) is 0 Å². The third-order valence-electron chi connectivity index (χ3n) is 4.54. The Kier molecular flexibility index (Phi) is 5.82. The Morgan fingerprint density at radius 1 is 1.26 bits per heavy atom. The minimum atomic E-state index is -1.15. The number of H-pyrrole nitrogens is 1. The number of nitrogens with one attached hydrogen (secondary N) is 1. The monoisotopic (exact) mass is 381 g/mol. The van der Waals surface area contributed by atoms with Gasteiger partial charge in [0.25, 0.3) is 5.56 Å². The van der Waals surface area contributed by atoms with Crippen LogP contribution in [0.5, 0.6) is 0 Å². The molecule has 3 rings (SSSR count). The Bertz CT molecular complexity index is 878. The predicted octanol–water partition coefficient (Wildman–Crippen LogP) is -3.66. The Morgan fingerprint density at radius 2 is 2.04 bits per heavy atom. The Morgan fingerprint density at radius 3 is 2.78 bits per heavy atom. The molecule has 1 aliphatic rings. The van der Waals surface area contributed by atoms with E-state index in [0.29, 0.717) is 18.7 Å². The van der Waals surface area contributed by atoms with Crippen molar-refractivity contribution >= 4 is 0 Å². The maximum atomic E-state index is 11.7. The third-order valence-corrected chi connectivity index (χ3v) is 4.54. The van der Waals surface area contributed by atoms with Gasteiger partial charge in [-0.15, -0.1) is 5.10 Å². The van der Waals surface area contributed by atoms with E-state index >= 15 is 0 Å². The summed E-state index contributed by atoms with van der Waals surface area (Å²) in [6, 6.07) is 0.194. The number of nitrogens with two attached hydrogens (primary N) is 2. The number of aliphatic hydroxyl groups is 2. The van der Waals surface area contributed by atoms with Gasteiger partial charge in [-0.2, -0.15) is 0 Å². The number of rotatable bonds is 6. The highest BCUT2D eigenvalue weighted by molar-refractivity contribution is 4.98.